The van der Waals surface area contributed by atoms with E-state index >= 15 is 0 Å². The second kappa shape index (κ2) is 7.28. The molecule has 112 valence electrons. The number of aromatic nitrogens is 1. The smallest absolute Gasteiger partial charge is 0.317 e. The van der Waals surface area contributed by atoms with E-state index in [-0.39, 0.29) is 12.1 Å². The van der Waals surface area contributed by atoms with E-state index in [0.29, 0.717) is 18.8 Å². The molecule has 1 aromatic rings. The fourth-order valence-electron chi connectivity index (χ4n) is 2.32. The number of ether oxygens (including phenoxy) is 1. The zero-order valence-electron chi connectivity index (χ0n) is 12.2. The number of carbonyl (C=O) groups excluding carboxylic acids is 1. The molecule has 0 spiro atoms. The maximum absolute atomic E-state index is 12.1. The molecular weight excluding hydrogens is 258 g/mol. The van der Waals surface area contributed by atoms with Gasteiger partial charge in [0, 0.05) is 25.8 Å². The van der Waals surface area contributed by atoms with Gasteiger partial charge in [-0.15, -0.1) is 0 Å². The molecule has 2 amide bonds. The number of amides is 2. The number of nitrogens with zero attached hydrogens (tertiary/aromatic N) is 2. The second-order valence-corrected chi connectivity index (χ2v) is 5.17. The molecule has 1 aliphatic heterocycles. The molecule has 1 atom stereocenters. The first kappa shape index (κ1) is 14.8. The highest BCUT2D eigenvalue weighted by molar-refractivity contribution is 5.74. The minimum Gasteiger partial charge on any atom is -0.376 e. The lowest BCUT2D eigenvalue weighted by Crippen LogP contribution is -2.47. The van der Waals surface area contributed by atoms with Crippen LogP contribution in [0.25, 0.3) is 0 Å². The van der Waals surface area contributed by atoms with E-state index in [1.807, 2.05) is 17.9 Å². The van der Waals surface area contributed by atoms with Crippen molar-refractivity contribution in [3.05, 3.63) is 17.5 Å². The van der Waals surface area contributed by atoms with Crippen LogP contribution in [0, 0.1) is 6.92 Å². The lowest BCUT2D eigenvalue weighted by atomic mass is 10.1. The quantitative estimate of drug-likeness (QED) is 0.897. The molecular formula is C14H23N3O3. The second-order valence-electron chi connectivity index (χ2n) is 5.17. The van der Waals surface area contributed by atoms with Crippen LogP contribution < -0.4 is 5.32 Å². The first-order chi connectivity index (χ1) is 9.69. The third-order valence-electron chi connectivity index (χ3n) is 3.31. The van der Waals surface area contributed by atoms with Crippen LogP contribution in [0.4, 0.5) is 4.79 Å². The summed E-state index contributed by atoms with van der Waals surface area (Å²) in [6, 6.07) is 1.76. The average Bonchev–Trinajstić information content (AvgIpc) is 2.88. The van der Waals surface area contributed by atoms with Crippen LogP contribution in [0.15, 0.2) is 10.6 Å². The molecule has 0 radical (unpaired) electrons. The van der Waals surface area contributed by atoms with Crippen LogP contribution in [0.1, 0.15) is 37.6 Å². The molecule has 0 aliphatic carbocycles. The van der Waals surface area contributed by atoms with Gasteiger partial charge in [-0.2, -0.15) is 0 Å². The van der Waals surface area contributed by atoms with Gasteiger partial charge in [0.15, 0.2) is 5.76 Å². The highest BCUT2D eigenvalue weighted by Gasteiger charge is 2.23. The summed E-state index contributed by atoms with van der Waals surface area (Å²) < 4.78 is 10.8. The van der Waals surface area contributed by atoms with Crippen molar-refractivity contribution in [2.24, 2.45) is 0 Å². The van der Waals surface area contributed by atoms with Gasteiger partial charge >= 0.3 is 6.03 Å². The van der Waals surface area contributed by atoms with Gasteiger partial charge in [0.05, 0.1) is 18.3 Å². The molecule has 1 fully saturated rings. The van der Waals surface area contributed by atoms with Gasteiger partial charge in [0.2, 0.25) is 0 Å². The predicted octanol–water partition coefficient (Wildman–Crippen LogP) is 2.08. The van der Waals surface area contributed by atoms with E-state index in [1.165, 1.54) is 0 Å². The predicted molar refractivity (Wildman–Crippen MR) is 74.3 cm³/mol. The Hall–Kier alpha value is -1.56. The summed E-state index contributed by atoms with van der Waals surface area (Å²) in [7, 11) is 0. The summed E-state index contributed by atoms with van der Waals surface area (Å²) in [6.07, 6.45) is 3.20. The standard InChI is InChI=1S/C14H23N3O3/c1-3-7-19-12-5-4-6-17(10-12)14(18)15-9-13-8-11(2)16-20-13/h8,12H,3-7,9-10H2,1-2H3,(H,15,18)/t12-/m1/s1. The molecule has 6 heteroatoms. The molecule has 1 aromatic heterocycles. The molecule has 0 unspecified atom stereocenters. The number of piperidine rings is 1. The molecule has 1 N–H and O–H groups in total. The maximum Gasteiger partial charge on any atom is 0.317 e. The summed E-state index contributed by atoms with van der Waals surface area (Å²) in [5.41, 5.74) is 0.820. The van der Waals surface area contributed by atoms with Gasteiger partial charge in [0.25, 0.3) is 0 Å². The molecule has 6 nitrogen and oxygen atoms in total. The molecule has 0 bridgehead atoms. The average molecular weight is 281 g/mol. The zero-order chi connectivity index (χ0) is 14.4. The summed E-state index contributed by atoms with van der Waals surface area (Å²) >= 11 is 0. The fraction of sp³-hybridized carbons (Fsp3) is 0.714. The van der Waals surface area contributed by atoms with Crippen LogP contribution in [-0.2, 0) is 11.3 Å². The molecule has 0 aromatic carbocycles. The number of hydrogen-bond donors (Lipinski definition) is 1. The highest BCUT2D eigenvalue weighted by Crippen LogP contribution is 2.13. The van der Waals surface area contributed by atoms with Crippen molar-refractivity contribution in [1.82, 2.24) is 15.4 Å². The van der Waals surface area contributed by atoms with Gasteiger partial charge in [-0.1, -0.05) is 12.1 Å². The molecule has 20 heavy (non-hydrogen) atoms. The van der Waals surface area contributed by atoms with Gasteiger partial charge < -0.3 is 19.5 Å². The molecule has 1 saturated heterocycles. The van der Waals surface area contributed by atoms with E-state index in [0.717, 1.165) is 38.1 Å². The van der Waals surface area contributed by atoms with Crippen molar-refractivity contribution in [2.75, 3.05) is 19.7 Å². The summed E-state index contributed by atoms with van der Waals surface area (Å²) in [6.45, 7) is 6.53. The van der Waals surface area contributed by atoms with Crippen LogP contribution in [-0.4, -0.2) is 41.9 Å². The zero-order valence-corrected chi connectivity index (χ0v) is 12.2. The van der Waals surface area contributed by atoms with E-state index in [1.54, 1.807) is 0 Å². The Morgan fingerprint density at radius 1 is 1.65 bits per heavy atom. The number of aryl methyl sites for hydroxylation is 1. The molecule has 2 rings (SSSR count). The van der Waals surface area contributed by atoms with Gasteiger partial charge in [-0.3, -0.25) is 0 Å². The van der Waals surface area contributed by atoms with E-state index in [2.05, 4.69) is 17.4 Å². The van der Waals surface area contributed by atoms with Crippen molar-refractivity contribution in [3.8, 4) is 0 Å². The van der Waals surface area contributed by atoms with Crippen molar-refractivity contribution in [2.45, 2.75) is 45.8 Å². The van der Waals surface area contributed by atoms with Crippen molar-refractivity contribution in [1.29, 1.82) is 0 Å². The first-order valence-electron chi connectivity index (χ1n) is 7.25. The third kappa shape index (κ3) is 4.23. The van der Waals surface area contributed by atoms with E-state index in [4.69, 9.17) is 9.26 Å². The SMILES string of the molecule is CCCO[C@@H]1CCCN(C(=O)NCc2cc(C)no2)C1. The van der Waals surface area contributed by atoms with Gasteiger partial charge in [-0.05, 0) is 26.2 Å². The summed E-state index contributed by atoms with van der Waals surface area (Å²) in [5, 5.41) is 6.65. The lowest BCUT2D eigenvalue weighted by Gasteiger charge is -2.32. The summed E-state index contributed by atoms with van der Waals surface area (Å²) in [4.78, 5) is 13.9. The Labute approximate surface area is 119 Å². The van der Waals surface area contributed by atoms with Crippen LogP contribution in [0.5, 0.6) is 0 Å². The molecule has 0 saturated carbocycles. The van der Waals surface area contributed by atoms with Gasteiger partial charge in [-0.25, -0.2) is 4.79 Å². The van der Waals surface area contributed by atoms with Crippen LogP contribution in [0.2, 0.25) is 0 Å². The van der Waals surface area contributed by atoms with E-state index in [9.17, 15) is 4.79 Å². The largest absolute Gasteiger partial charge is 0.376 e. The van der Waals surface area contributed by atoms with Crippen LogP contribution >= 0.6 is 0 Å². The topological polar surface area (TPSA) is 67.6 Å². The minimum atomic E-state index is -0.0659. The molecule has 1 aliphatic rings. The number of likely N-dealkylation sites (tertiary alicyclic amines) is 1. The lowest BCUT2D eigenvalue weighted by molar-refractivity contribution is 0.00996. The Bertz CT molecular complexity index is 433. The van der Waals surface area contributed by atoms with Crippen LogP contribution in [0.3, 0.4) is 0 Å². The Morgan fingerprint density at radius 3 is 3.20 bits per heavy atom. The van der Waals surface area contributed by atoms with Crippen molar-refractivity contribution >= 4 is 6.03 Å². The number of urea groups is 1. The number of hydrogen-bond acceptors (Lipinski definition) is 4. The first-order valence-corrected chi connectivity index (χ1v) is 7.25. The normalized spacial score (nSPS) is 19.1. The maximum atomic E-state index is 12.1. The monoisotopic (exact) mass is 281 g/mol. The van der Waals surface area contributed by atoms with Crippen molar-refractivity contribution in [3.63, 3.8) is 0 Å². The minimum absolute atomic E-state index is 0.0659. The van der Waals surface area contributed by atoms with Crippen molar-refractivity contribution < 1.29 is 14.1 Å². The Kier molecular flexibility index (Phi) is 5.40. The van der Waals surface area contributed by atoms with Gasteiger partial charge in [0.1, 0.15) is 0 Å². The number of nitrogens with one attached hydrogen (secondary N) is 1. The third-order valence-corrected chi connectivity index (χ3v) is 3.31. The van der Waals surface area contributed by atoms with E-state index < -0.39 is 0 Å². The fourth-order valence-corrected chi connectivity index (χ4v) is 2.32. The molecule has 2 heterocycles. The Balaban J connectivity index is 1.76. The summed E-state index contributed by atoms with van der Waals surface area (Å²) in [5.74, 6) is 0.673. The Morgan fingerprint density at radius 2 is 2.50 bits per heavy atom. The highest BCUT2D eigenvalue weighted by atomic mass is 16.5. The number of carbonyl (C=O) groups is 1. The number of rotatable bonds is 5.